The molecular weight excluding hydrogens is 180 g/mol. The minimum absolute atomic E-state index is 0.0477. The van der Waals surface area contributed by atoms with Gasteiger partial charge in [-0.25, -0.2) is 0 Å². The number of carbonyl (C=O) groups excluding carboxylic acids is 1. The summed E-state index contributed by atoms with van der Waals surface area (Å²) in [6, 6.07) is 0. The lowest BCUT2D eigenvalue weighted by Gasteiger charge is -2.30. The fourth-order valence-corrected chi connectivity index (χ4v) is 2.18. The van der Waals surface area contributed by atoms with Gasteiger partial charge in [-0.1, -0.05) is 0 Å². The van der Waals surface area contributed by atoms with Gasteiger partial charge in [-0.15, -0.1) is 0 Å². The van der Waals surface area contributed by atoms with Gasteiger partial charge in [0.25, 0.3) is 0 Å². The summed E-state index contributed by atoms with van der Waals surface area (Å²) in [5.74, 6) is 0.690. The Labute approximate surface area is 85.8 Å². The van der Waals surface area contributed by atoms with Crippen LogP contribution >= 0.6 is 0 Å². The Morgan fingerprint density at radius 1 is 1.21 bits per heavy atom. The highest BCUT2D eigenvalue weighted by Gasteiger charge is 2.29. The van der Waals surface area contributed by atoms with Crippen LogP contribution in [-0.4, -0.2) is 26.3 Å². The van der Waals surface area contributed by atoms with Gasteiger partial charge in [-0.3, -0.25) is 4.79 Å². The minimum Gasteiger partial charge on any atom is -0.469 e. The molecule has 82 valence electrons. The largest absolute Gasteiger partial charge is 0.469 e. The molecule has 0 aromatic rings. The van der Waals surface area contributed by atoms with Crippen molar-refractivity contribution in [3.8, 4) is 0 Å². The van der Waals surface area contributed by atoms with Gasteiger partial charge in [-0.05, 0) is 38.5 Å². The molecule has 1 unspecified atom stereocenters. The molecule has 0 amide bonds. The number of carbonyl (C=O) groups is 1. The normalized spacial score (nSPS) is 29.6. The van der Waals surface area contributed by atoms with Crippen molar-refractivity contribution in [2.24, 2.45) is 11.8 Å². The number of methoxy groups -OCH3 is 2. The average Bonchev–Trinajstić information content (AvgIpc) is 2.27. The number of hydrogen-bond donors (Lipinski definition) is 0. The van der Waals surface area contributed by atoms with Crippen molar-refractivity contribution in [1.29, 1.82) is 0 Å². The van der Waals surface area contributed by atoms with Crippen LogP contribution in [0.25, 0.3) is 0 Å². The lowest BCUT2D eigenvalue weighted by Crippen LogP contribution is -2.28. The van der Waals surface area contributed by atoms with Gasteiger partial charge in [0.2, 0.25) is 0 Å². The highest BCUT2D eigenvalue weighted by atomic mass is 16.5. The van der Waals surface area contributed by atoms with E-state index in [1.54, 1.807) is 7.11 Å². The van der Waals surface area contributed by atoms with E-state index < -0.39 is 0 Å². The van der Waals surface area contributed by atoms with Gasteiger partial charge in [0.05, 0.1) is 19.1 Å². The van der Waals surface area contributed by atoms with Crippen molar-refractivity contribution in [2.45, 2.75) is 38.7 Å². The van der Waals surface area contributed by atoms with Crippen molar-refractivity contribution >= 4 is 5.97 Å². The molecule has 3 heteroatoms. The van der Waals surface area contributed by atoms with E-state index in [1.165, 1.54) is 7.11 Å². The van der Waals surface area contributed by atoms with Crippen LogP contribution in [0.1, 0.15) is 32.6 Å². The standard InChI is InChI=1S/C11H20O3/c1-8(13-2)9-4-6-10(7-5-9)11(12)14-3/h8-10H,4-7H2,1-3H3. The van der Waals surface area contributed by atoms with E-state index in [0.29, 0.717) is 12.0 Å². The maximum absolute atomic E-state index is 11.3. The van der Waals surface area contributed by atoms with Crippen molar-refractivity contribution in [3.63, 3.8) is 0 Å². The van der Waals surface area contributed by atoms with Gasteiger partial charge in [0.1, 0.15) is 0 Å². The summed E-state index contributed by atoms with van der Waals surface area (Å²) in [5, 5.41) is 0. The van der Waals surface area contributed by atoms with Gasteiger partial charge in [0.15, 0.2) is 0 Å². The molecule has 14 heavy (non-hydrogen) atoms. The van der Waals surface area contributed by atoms with Gasteiger partial charge in [-0.2, -0.15) is 0 Å². The first kappa shape index (κ1) is 11.5. The molecule has 1 atom stereocenters. The third-order valence-electron chi connectivity index (χ3n) is 3.34. The molecule has 0 aliphatic heterocycles. The Morgan fingerprint density at radius 2 is 1.79 bits per heavy atom. The Kier molecular flexibility index (Phi) is 4.39. The molecule has 1 aliphatic carbocycles. The first-order valence-corrected chi connectivity index (χ1v) is 5.29. The van der Waals surface area contributed by atoms with Crippen LogP contribution in [0.2, 0.25) is 0 Å². The molecule has 0 radical (unpaired) electrons. The molecule has 1 saturated carbocycles. The molecule has 0 bridgehead atoms. The summed E-state index contributed by atoms with van der Waals surface area (Å²) in [5.41, 5.74) is 0. The number of rotatable bonds is 3. The first-order valence-electron chi connectivity index (χ1n) is 5.29. The average molecular weight is 200 g/mol. The van der Waals surface area contributed by atoms with E-state index in [2.05, 4.69) is 6.92 Å². The zero-order chi connectivity index (χ0) is 10.6. The minimum atomic E-state index is -0.0477. The molecule has 0 aromatic heterocycles. The second-order valence-corrected chi connectivity index (χ2v) is 4.08. The third kappa shape index (κ3) is 2.71. The van der Waals surface area contributed by atoms with E-state index in [9.17, 15) is 4.79 Å². The maximum Gasteiger partial charge on any atom is 0.308 e. The van der Waals surface area contributed by atoms with Crippen LogP contribution in [0.5, 0.6) is 0 Å². The van der Waals surface area contributed by atoms with Gasteiger partial charge >= 0.3 is 5.97 Å². The third-order valence-corrected chi connectivity index (χ3v) is 3.34. The lowest BCUT2D eigenvalue weighted by atomic mass is 9.80. The quantitative estimate of drug-likeness (QED) is 0.654. The van der Waals surface area contributed by atoms with Crippen molar-refractivity contribution < 1.29 is 14.3 Å². The van der Waals surface area contributed by atoms with E-state index in [1.807, 2.05) is 0 Å². The summed E-state index contributed by atoms with van der Waals surface area (Å²) in [7, 11) is 3.21. The monoisotopic (exact) mass is 200 g/mol. The van der Waals surface area contributed by atoms with Crippen LogP contribution in [0.3, 0.4) is 0 Å². The maximum atomic E-state index is 11.3. The molecule has 0 N–H and O–H groups in total. The Morgan fingerprint density at radius 3 is 2.21 bits per heavy atom. The predicted molar refractivity (Wildman–Crippen MR) is 53.9 cm³/mol. The highest BCUT2D eigenvalue weighted by Crippen LogP contribution is 2.32. The zero-order valence-corrected chi connectivity index (χ0v) is 9.29. The predicted octanol–water partition coefficient (Wildman–Crippen LogP) is 2.00. The van der Waals surface area contributed by atoms with E-state index in [4.69, 9.17) is 9.47 Å². The molecule has 0 saturated heterocycles. The van der Waals surface area contributed by atoms with E-state index >= 15 is 0 Å². The molecule has 1 aliphatic rings. The van der Waals surface area contributed by atoms with Crippen LogP contribution in [0.15, 0.2) is 0 Å². The summed E-state index contributed by atoms with van der Waals surface area (Å²) < 4.78 is 10.0. The van der Waals surface area contributed by atoms with Crippen molar-refractivity contribution in [1.82, 2.24) is 0 Å². The fraction of sp³-hybridized carbons (Fsp3) is 0.909. The smallest absolute Gasteiger partial charge is 0.308 e. The number of hydrogen-bond acceptors (Lipinski definition) is 3. The summed E-state index contributed by atoms with van der Waals surface area (Å²) in [6.07, 6.45) is 4.37. The summed E-state index contributed by atoms with van der Waals surface area (Å²) >= 11 is 0. The van der Waals surface area contributed by atoms with Crippen LogP contribution in [0, 0.1) is 11.8 Å². The Bertz CT molecular complexity index is 183. The van der Waals surface area contributed by atoms with Crippen LogP contribution < -0.4 is 0 Å². The molecule has 1 rings (SSSR count). The Balaban J connectivity index is 2.34. The van der Waals surface area contributed by atoms with E-state index in [-0.39, 0.29) is 11.9 Å². The van der Waals surface area contributed by atoms with Crippen LogP contribution in [0.4, 0.5) is 0 Å². The van der Waals surface area contributed by atoms with E-state index in [0.717, 1.165) is 25.7 Å². The van der Waals surface area contributed by atoms with Crippen molar-refractivity contribution in [2.75, 3.05) is 14.2 Å². The molecule has 3 nitrogen and oxygen atoms in total. The summed E-state index contributed by atoms with van der Waals surface area (Å²) in [6.45, 7) is 2.10. The Hall–Kier alpha value is -0.570. The van der Waals surface area contributed by atoms with Crippen molar-refractivity contribution in [3.05, 3.63) is 0 Å². The summed E-state index contributed by atoms with van der Waals surface area (Å²) in [4.78, 5) is 11.3. The highest BCUT2D eigenvalue weighted by molar-refractivity contribution is 5.72. The molecule has 0 spiro atoms. The second kappa shape index (κ2) is 5.35. The molecule has 0 heterocycles. The molecule has 1 fully saturated rings. The fourth-order valence-electron chi connectivity index (χ4n) is 2.18. The van der Waals surface area contributed by atoms with Crippen LogP contribution in [-0.2, 0) is 14.3 Å². The second-order valence-electron chi connectivity index (χ2n) is 4.08. The van der Waals surface area contributed by atoms with Gasteiger partial charge < -0.3 is 9.47 Å². The van der Waals surface area contributed by atoms with Gasteiger partial charge in [0, 0.05) is 7.11 Å². The first-order chi connectivity index (χ1) is 6.69. The lowest BCUT2D eigenvalue weighted by molar-refractivity contribution is -0.147. The number of ether oxygens (including phenoxy) is 2. The topological polar surface area (TPSA) is 35.5 Å². The number of esters is 1. The SMILES string of the molecule is COC(=O)C1CCC(C(C)OC)CC1. The molecular formula is C11H20O3. The molecule has 0 aromatic carbocycles. The zero-order valence-electron chi connectivity index (χ0n) is 9.29.